The summed E-state index contributed by atoms with van der Waals surface area (Å²) in [6, 6.07) is 0.0615. The van der Waals surface area contributed by atoms with Crippen LogP contribution >= 0.6 is 0 Å². The number of carbonyl (C=O) groups excluding carboxylic acids is 1. The van der Waals surface area contributed by atoms with Crippen LogP contribution in [-0.2, 0) is 4.74 Å². The van der Waals surface area contributed by atoms with E-state index < -0.39 is 5.60 Å². The molecule has 3 heteroatoms. The minimum absolute atomic E-state index is 0.0615. The van der Waals surface area contributed by atoms with Gasteiger partial charge >= 0.3 is 6.09 Å². The molecule has 0 aliphatic carbocycles. The molecule has 0 aromatic carbocycles. The second kappa shape index (κ2) is 8.17. The van der Waals surface area contributed by atoms with Crippen molar-refractivity contribution >= 4 is 6.09 Å². The SMILES string of the molecule is CCC/C=C\[C@H](CC(C)C)NC(=O)OC(C)(C)C. The van der Waals surface area contributed by atoms with Gasteiger partial charge in [0.25, 0.3) is 0 Å². The van der Waals surface area contributed by atoms with Crippen LogP contribution in [0.3, 0.4) is 0 Å². The highest BCUT2D eigenvalue weighted by Crippen LogP contribution is 2.10. The third-order valence-corrected chi connectivity index (χ3v) is 2.25. The number of allylic oxidation sites excluding steroid dienone is 1. The predicted molar refractivity (Wildman–Crippen MR) is 76.7 cm³/mol. The summed E-state index contributed by atoms with van der Waals surface area (Å²) in [5.74, 6) is 0.538. The Labute approximate surface area is 112 Å². The molecule has 1 atom stereocenters. The van der Waals surface area contributed by atoms with Crippen LogP contribution in [0, 0.1) is 5.92 Å². The van der Waals surface area contributed by atoms with Gasteiger partial charge in [-0.3, -0.25) is 0 Å². The standard InChI is InChI=1S/C15H29NO2/c1-7-8-9-10-13(11-12(2)3)16-14(17)18-15(4,5)6/h9-10,12-13H,7-8,11H2,1-6H3,(H,16,17)/b10-9-/t13-/m1/s1. The first-order chi connectivity index (χ1) is 8.24. The number of carbonyl (C=O) groups is 1. The molecule has 1 amide bonds. The number of ether oxygens (including phenoxy) is 1. The lowest BCUT2D eigenvalue weighted by Gasteiger charge is -2.23. The van der Waals surface area contributed by atoms with E-state index in [2.05, 4.69) is 38.2 Å². The van der Waals surface area contributed by atoms with E-state index in [9.17, 15) is 4.79 Å². The third kappa shape index (κ3) is 10.2. The average Bonchev–Trinajstić information content (AvgIpc) is 2.13. The van der Waals surface area contributed by atoms with Crippen molar-refractivity contribution in [1.29, 1.82) is 0 Å². The van der Waals surface area contributed by atoms with E-state index in [1.165, 1.54) is 0 Å². The van der Waals surface area contributed by atoms with Crippen LogP contribution in [0.1, 0.15) is 60.8 Å². The van der Waals surface area contributed by atoms with E-state index in [0.717, 1.165) is 19.3 Å². The van der Waals surface area contributed by atoms with Crippen molar-refractivity contribution in [2.24, 2.45) is 5.92 Å². The Kier molecular flexibility index (Phi) is 7.72. The zero-order valence-corrected chi connectivity index (χ0v) is 12.7. The molecule has 106 valence electrons. The molecule has 0 aliphatic rings. The van der Waals surface area contributed by atoms with E-state index in [1.807, 2.05) is 20.8 Å². The maximum atomic E-state index is 11.7. The van der Waals surface area contributed by atoms with Crippen molar-refractivity contribution in [3.05, 3.63) is 12.2 Å². The summed E-state index contributed by atoms with van der Waals surface area (Å²) in [4.78, 5) is 11.7. The van der Waals surface area contributed by atoms with Gasteiger partial charge in [-0.25, -0.2) is 4.79 Å². The normalized spacial score (nSPS) is 13.9. The number of hydrogen-bond acceptors (Lipinski definition) is 2. The fourth-order valence-corrected chi connectivity index (χ4v) is 1.58. The van der Waals surface area contributed by atoms with Gasteiger partial charge in [0.2, 0.25) is 0 Å². The Morgan fingerprint density at radius 3 is 2.39 bits per heavy atom. The zero-order chi connectivity index (χ0) is 14.2. The van der Waals surface area contributed by atoms with Gasteiger partial charge in [0, 0.05) is 0 Å². The summed E-state index contributed by atoms with van der Waals surface area (Å²) in [5, 5.41) is 2.92. The van der Waals surface area contributed by atoms with Crippen molar-refractivity contribution in [3.8, 4) is 0 Å². The second-order valence-corrected chi connectivity index (χ2v) is 6.10. The van der Waals surface area contributed by atoms with E-state index in [4.69, 9.17) is 4.74 Å². The number of hydrogen-bond donors (Lipinski definition) is 1. The highest BCUT2D eigenvalue weighted by Gasteiger charge is 2.18. The first-order valence-corrected chi connectivity index (χ1v) is 6.90. The number of alkyl carbamates (subject to hydrolysis) is 1. The van der Waals surface area contributed by atoms with Crippen molar-refractivity contribution in [3.63, 3.8) is 0 Å². The van der Waals surface area contributed by atoms with Crippen molar-refractivity contribution in [2.75, 3.05) is 0 Å². The van der Waals surface area contributed by atoms with Crippen LogP contribution in [0.25, 0.3) is 0 Å². The van der Waals surface area contributed by atoms with Crippen molar-refractivity contribution in [2.45, 2.75) is 72.4 Å². The fourth-order valence-electron chi connectivity index (χ4n) is 1.58. The quantitative estimate of drug-likeness (QED) is 0.719. The minimum atomic E-state index is -0.445. The molecule has 0 aromatic rings. The lowest BCUT2D eigenvalue weighted by molar-refractivity contribution is 0.0510. The summed E-state index contributed by atoms with van der Waals surface area (Å²) >= 11 is 0. The van der Waals surface area contributed by atoms with Crippen LogP contribution in [0.2, 0.25) is 0 Å². The number of unbranched alkanes of at least 4 members (excludes halogenated alkanes) is 1. The molecule has 0 saturated carbocycles. The van der Waals surface area contributed by atoms with E-state index in [-0.39, 0.29) is 12.1 Å². The molecule has 0 spiro atoms. The van der Waals surface area contributed by atoms with Gasteiger partial charge < -0.3 is 10.1 Å². The molecule has 1 N–H and O–H groups in total. The fraction of sp³-hybridized carbons (Fsp3) is 0.800. The van der Waals surface area contributed by atoms with Crippen LogP contribution in [0.5, 0.6) is 0 Å². The molecule has 0 saturated heterocycles. The summed E-state index contributed by atoms with van der Waals surface area (Å²) in [6.07, 6.45) is 6.97. The molecule has 0 fully saturated rings. The number of amides is 1. The van der Waals surface area contributed by atoms with Gasteiger partial charge in [-0.15, -0.1) is 0 Å². The molecule has 0 aliphatic heterocycles. The number of nitrogens with one attached hydrogen (secondary N) is 1. The zero-order valence-electron chi connectivity index (χ0n) is 12.7. The van der Waals surface area contributed by atoms with Crippen LogP contribution in [-0.4, -0.2) is 17.7 Å². The number of rotatable bonds is 6. The van der Waals surface area contributed by atoms with Crippen LogP contribution < -0.4 is 5.32 Å². The molecule has 0 heterocycles. The van der Waals surface area contributed by atoms with Gasteiger partial charge in [-0.2, -0.15) is 0 Å². The minimum Gasteiger partial charge on any atom is -0.444 e. The largest absolute Gasteiger partial charge is 0.444 e. The predicted octanol–water partition coefficient (Wildman–Crippen LogP) is 4.28. The van der Waals surface area contributed by atoms with Gasteiger partial charge in [-0.1, -0.05) is 39.3 Å². The summed E-state index contributed by atoms with van der Waals surface area (Å²) in [5.41, 5.74) is -0.445. The van der Waals surface area contributed by atoms with Crippen molar-refractivity contribution in [1.82, 2.24) is 5.32 Å². The van der Waals surface area contributed by atoms with Gasteiger partial charge in [0.15, 0.2) is 0 Å². The molecule has 18 heavy (non-hydrogen) atoms. The van der Waals surface area contributed by atoms with Crippen LogP contribution in [0.4, 0.5) is 4.79 Å². The van der Waals surface area contributed by atoms with E-state index in [1.54, 1.807) is 0 Å². The Bertz CT molecular complexity index is 264. The second-order valence-electron chi connectivity index (χ2n) is 6.10. The Hall–Kier alpha value is -0.990. The van der Waals surface area contributed by atoms with Gasteiger partial charge in [-0.05, 0) is 39.5 Å². The Morgan fingerprint density at radius 2 is 1.94 bits per heavy atom. The lowest BCUT2D eigenvalue weighted by atomic mass is 10.0. The first kappa shape index (κ1) is 17.0. The molecule has 3 nitrogen and oxygen atoms in total. The molecular weight excluding hydrogens is 226 g/mol. The molecule has 0 rings (SSSR count). The summed E-state index contributed by atoms with van der Waals surface area (Å²) < 4.78 is 5.27. The Balaban J connectivity index is 4.35. The molecule has 0 aromatic heterocycles. The summed E-state index contributed by atoms with van der Waals surface area (Å²) in [6.45, 7) is 12.1. The monoisotopic (exact) mass is 255 g/mol. The third-order valence-electron chi connectivity index (χ3n) is 2.25. The molecule has 0 bridgehead atoms. The van der Waals surface area contributed by atoms with Crippen LogP contribution in [0.15, 0.2) is 12.2 Å². The van der Waals surface area contributed by atoms with Crippen molar-refractivity contribution < 1.29 is 9.53 Å². The molecule has 0 radical (unpaired) electrons. The van der Waals surface area contributed by atoms with Gasteiger partial charge in [0.1, 0.15) is 5.60 Å². The highest BCUT2D eigenvalue weighted by molar-refractivity contribution is 5.68. The molecular formula is C15H29NO2. The van der Waals surface area contributed by atoms with E-state index in [0.29, 0.717) is 5.92 Å². The topological polar surface area (TPSA) is 38.3 Å². The highest BCUT2D eigenvalue weighted by atomic mass is 16.6. The van der Waals surface area contributed by atoms with Gasteiger partial charge in [0.05, 0.1) is 6.04 Å². The smallest absolute Gasteiger partial charge is 0.408 e. The maximum Gasteiger partial charge on any atom is 0.408 e. The Morgan fingerprint density at radius 1 is 1.33 bits per heavy atom. The maximum absolute atomic E-state index is 11.7. The van der Waals surface area contributed by atoms with E-state index >= 15 is 0 Å². The lowest BCUT2D eigenvalue weighted by Crippen LogP contribution is -2.38. The summed E-state index contributed by atoms with van der Waals surface area (Å²) in [7, 11) is 0. The first-order valence-electron chi connectivity index (χ1n) is 6.90. The average molecular weight is 255 g/mol. The molecule has 0 unspecified atom stereocenters.